The molecule has 0 aromatic heterocycles. The molecule has 0 aliphatic carbocycles. The molecular weight excluding hydrogens is 233 g/mol. The number of hydrogen-bond acceptors (Lipinski definition) is 2. The SMILES string of the molecule is CC(c1ccccc1F)N(C)CC(C)(C)C(=O)O. The van der Waals surface area contributed by atoms with Gasteiger partial charge in [0, 0.05) is 18.2 Å². The molecule has 0 amide bonds. The second-order valence-corrected chi connectivity index (χ2v) is 5.30. The quantitative estimate of drug-likeness (QED) is 0.877. The van der Waals surface area contributed by atoms with E-state index in [0.29, 0.717) is 12.1 Å². The maximum absolute atomic E-state index is 13.6. The van der Waals surface area contributed by atoms with E-state index in [9.17, 15) is 9.18 Å². The number of carboxylic acids is 1. The smallest absolute Gasteiger partial charge is 0.310 e. The summed E-state index contributed by atoms with van der Waals surface area (Å²) >= 11 is 0. The van der Waals surface area contributed by atoms with Crippen molar-refractivity contribution >= 4 is 5.97 Å². The minimum absolute atomic E-state index is 0.162. The van der Waals surface area contributed by atoms with Gasteiger partial charge in [0.15, 0.2) is 0 Å². The lowest BCUT2D eigenvalue weighted by atomic mass is 9.92. The van der Waals surface area contributed by atoms with Crippen LogP contribution in [0.1, 0.15) is 32.4 Å². The molecule has 1 aromatic carbocycles. The predicted octanol–water partition coefficient (Wildman–Crippen LogP) is 2.93. The summed E-state index contributed by atoms with van der Waals surface area (Å²) in [6, 6.07) is 6.41. The van der Waals surface area contributed by atoms with Gasteiger partial charge in [-0.15, -0.1) is 0 Å². The van der Waals surface area contributed by atoms with Crippen LogP contribution in [-0.2, 0) is 4.79 Å². The fourth-order valence-corrected chi connectivity index (χ4v) is 1.88. The first-order valence-corrected chi connectivity index (χ1v) is 5.94. The van der Waals surface area contributed by atoms with Crippen LogP contribution >= 0.6 is 0 Å². The van der Waals surface area contributed by atoms with Crippen LogP contribution in [0.3, 0.4) is 0 Å². The van der Waals surface area contributed by atoms with Crippen molar-refractivity contribution in [1.29, 1.82) is 0 Å². The average Bonchev–Trinajstić information content (AvgIpc) is 2.28. The van der Waals surface area contributed by atoms with Crippen molar-refractivity contribution in [3.8, 4) is 0 Å². The summed E-state index contributed by atoms with van der Waals surface area (Å²) in [5.74, 6) is -1.11. The van der Waals surface area contributed by atoms with Gasteiger partial charge in [0.05, 0.1) is 5.41 Å². The number of benzene rings is 1. The Labute approximate surface area is 107 Å². The molecule has 0 aliphatic rings. The summed E-state index contributed by atoms with van der Waals surface area (Å²) in [7, 11) is 1.81. The van der Waals surface area contributed by atoms with E-state index in [2.05, 4.69) is 0 Å². The van der Waals surface area contributed by atoms with Gasteiger partial charge in [-0.3, -0.25) is 9.69 Å². The zero-order chi connectivity index (χ0) is 13.9. The highest BCUT2D eigenvalue weighted by Crippen LogP contribution is 2.25. The van der Waals surface area contributed by atoms with Crippen molar-refractivity contribution < 1.29 is 14.3 Å². The standard InChI is InChI=1S/C14H20FNO2/c1-10(11-7-5-6-8-12(11)15)16(4)9-14(2,3)13(17)18/h5-8,10H,9H2,1-4H3,(H,17,18). The summed E-state index contributed by atoms with van der Waals surface area (Å²) in [4.78, 5) is 12.9. The molecule has 0 heterocycles. The van der Waals surface area contributed by atoms with Crippen LogP contribution in [0.25, 0.3) is 0 Å². The summed E-state index contributed by atoms with van der Waals surface area (Å²) in [6.07, 6.45) is 0. The van der Waals surface area contributed by atoms with E-state index >= 15 is 0 Å². The van der Waals surface area contributed by atoms with Crippen LogP contribution in [0.15, 0.2) is 24.3 Å². The third kappa shape index (κ3) is 3.29. The Balaban J connectivity index is 2.83. The fraction of sp³-hybridized carbons (Fsp3) is 0.500. The Morgan fingerprint density at radius 3 is 2.50 bits per heavy atom. The molecule has 4 heteroatoms. The first kappa shape index (κ1) is 14.6. The van der Waals surface area contributed by atoms with Crippen LogP contribution < -0.4 is 0 Å². The van der Waals surface area contributed by atoms with Crippen LogP contribution in [0.5, 0.6) is 0 Å². The van der Waals surface area contributed by atoms with Crippen LogP contribution in [0, 0.1) is 11.2 Å². The van der Waals surface area contributed by atoms with Gasteiger partial charge in [-0.2, -0.15) is 0 Å². The average molecular weight is 253 g/mol. The van der Waals surface area contributed by atoms with E-state index in [4.69, 9.17) is 5.11 Å². The number of hydrogen-bond donors (Lipinski definition) is 1. The van der Waals surface area contributed by atoms with Crippen molar-refractivity contribution in [1.82, 2.24) is 4.90 Å². The second-order valence-electron chi connectivity index (χ2n) is 5.30. The molecular formula is C14H20FNO2. The highest BCUT2D eigenvalue weighted by Gasteiger charge is 2.30. The molecule has 100 valence electrons. The van der Waals surface area contributed by atoms with Crippen molar-refractivity contribution in [2.75, 3.05) is 13.6 Å². The number of aliphatic carboxylic acids is 1. The third-order valence-corrected chi connectivity index (χ3v) is 3.24. The molecule has 0 saturated heterocycles. The van der Waals surface area contributed by atoms with Gasteiger partial charge in [-0.05, 0) is 33.9 Å². The molecule has 18 heavy (non-hydrogen) atoms. The normalized spacial score (nSPS) is 13.7. The lowest BCUT2D eigenvalue weighted by Gasteiger charge is -2.31. The largest absolute Gasteiger partial charge is 0.481 e. The molecule has 0 fully saturated rings. The van der Waals surface area contributed by atoms with Gasteiger partial charge in [0.25, 0.3) is 0 Å². The molecule has 0 aliphatic heterocycles. The van der Waals surface area contributed by atoms with E-state index in [1.165, 1.54) is 6.07 Å². The van der Waals surface area contributed by atoms with Crippen LogP contribution in [-0.4, -0.2) is 29.6 Å². The molecule has 1 rings (SSSR count). The topological polar surface area (TPSA) is 40.5 Å². The van der Waals surface area contributed by atoms with Crippen LogP contribution in [0.2, 0.25) is 0 Å². The summed E-state index contributed by atoms with van der Waals surface area (Å²) in [5, 5.41) is 9.10. The molecule has 0 bridgehead atoms. The summed E-state index contributed by atoms with van der Waals surface area (Å²) in [5.41, 5.74) is -0.268. The Bertz CT molecular complexity index is 432. The zero-order valence-corrected chi connectivity index (χ0v) is 11.3. The van der Waals surface area contributed by atoms with E-state index < -0.39 is 11.4 Å². The summed E-state index contributed by atoms with van der Waals surface area (Å²) < 4.78 is 13.6. The number of rotatable bonds is 5. The minimum atomic E-state index is -0.853. The third-order valence-electron chi connectivity index (χ3n) is 3.24. The molecule has 1 N–H and O–H groups in total. The predicted molar refractivity (Wildman–Crippen MR) is 68.9 cm³/mol. The minimum Gasteiger partial charge on any atom is -0.481 e. The number of halogens is 1. The first-order chi connectivity index (χ1) is 8.25. The molecule has 0 saturated carbocycles. The summed E-state index contributed by atoms with van der Waals surface area (Å²) in [6.45, 7) is 5.56. The fourth-order valence-electron chi connectivity index (χ4n) is 1.88. The van der Waals surface area contributed by atoms with E-state index in [-0.39, 0.29) is 11.9 Å². The first-order valence-electron chi connectivity index (χ1n) is 5.94. The lowest BCUT2D eigenvalue weighted by Crippen LogP contribution is -2.38. The highest BCUT2D eigenvalue weighted by atomic mass is 19.1. The molecule has 0 radical (unpaired) electrons. The molecule has 1 atom stereocenters. The van der Waals surface area contributed by atoms with Crippen molar-refractivity contribution in [3.05, 3.63) is 35.6 Å². The molecule has 0 spiro atoms. The van der Waals surface area contributed by atoms with E-state index in [0.717, 1.165) is 0 Å². The van der Waals surface area contributed by atoms with E-state index in [1.54, 1.807) is 32.0 Å². The van der Waals surface area contributed by atoms with Gasteiger partial charge < -0.3 is 5.11 Å². The maximum Gasteiger partial charge on any atom is 0.310 e. The Kier molecular flexibility index (Phi) is 4.46. The second kappa shape index (κ2) is 5.48. The van der Waals surface area contributed by atoms with Crippen molar-refractivity contribution in [2.24, 2.45) is 5.41 Å². The lowest BCUT2D eigenvalue weighted by molar-refractivity contribution is -0.148. The number of carbonyl (C=O) groups is 1. The zero-order valence-electron chi connectivity index (χ0n) is 11.3. The van der Waals surface area contributed by atoms with Gasteiger partial charge in [0.2, 0.25) is 0 Å². The van der Waals surface area contributed by atoms with Crippen molar-refractivity contribution in [3.63, 3.8) is 0 Å². The molecule has 1 aromatic rings. The van der Waals surface area contributed by atoms with E-state index in [1.807, 2.05) is 18.9 Å². The van der Waals surface area contributed by atoms with Gasteiger partial charge in [-0.25, -0.2) is 4.39 Å². The Morgan fingerprint density at radius 2 is 2.00 bits per heavy atom. The van der Waals surface area contributed by atoms with Gasteiger partial charge in [-0.1, -0.05) is 18.2 Å². The van der Waals surface area contributed by atoms with Gasteiger partial charge in [0.1, 0.15) is 5.82 Å². The highest BCUT2D eigenvalue weighted by molar-refractivity contribution is 5.73. The number of nitrogens with zero attached hydrogens (tertiary/aromatic N) is 1. The molecule has 1 unspecified atom stereocenters. The van der Waals surface area contributed by atoms with Gasteiger partial charge >= 0.3 is 5.97 Å². The number of carboxylic acid groups (broad SMARTS) is 1. The van der Waals surface area contributed by atoms with Crippen LogP contribution in [0.4, 0.5) is 4.39 Å². The Hall–Kier alpha value is -1.42. The molecule has 3 nitrogen and oxygen atoms in total. The monoisotopic (exact) mass is 253 g/mol. The Morgan fingerprint density at radius 1 is 1.44 bits per heavy atom. The maximum atomic E-state index is 13.6. The van der Waals surface area contributed by atoms with Crippen molar-refractivity contribution in [2.45, 2.75) is 26.8 Å².